The average molecular weight is 248 g/mol. The maximum absolute atomic E-state index is 6.09. The summed E-state index contributed by atoms with van der Waals surface area (Å²) in [4.78, 5) is 0. The summed E-state index contributed by atoms with van der Waals surface area (Å²) in [5.74, 6) is 0.865. The molecule has 2 rings (SSSR count). The molecule has 0 heterocycles. The van der Waals surface area contributed by atoms with Crippen molar-refractivity contribution in [2.45, 2.75) is 25.3 Å². The lowest BCUT2D eigenvalue weighted by molar-refractivity contribution is 0.122. The lowest BCUT2D eigenvalue weighted by Gasteiger charge is -2.13. The van der Waals surface area contributed by atoms with Crippen LogP contribution in [0.5, 0.6) is 0 Å². The van der Waals surface area contributed by atoms with Gasteiger partial charge in [-0.2, -0.15) is 0 Å². The van der Waals surface area contributed by atoms with Gasteiger partial charge in [0.05, 0.1) is 0 Å². The fourth-order valence-electron chi connectivity index (χ4n) is 1.91. The molecule has 1 aromatic rings. The van der Waals surface area contributed by atoms with Crippen LogP contribution in [0.2, 0.25) is 0 Å². The van der Waals surface area contributed by atoms with E-state index >= 15 is 0 Å². The van der Waals surface area contributed by atoms with Crippen LogP contribution in [0, 0.1) is 5.92 Å². The summed E-state index contributed by atoms with van der Waals surface area (Å²) >= 11 is 0. The lowest BCUT2D eigenvalue weighted by atomic mass is 10.1. The Morgan fingerprint density at radius 1 is 1.28 bits per heavy atom. The van der Waals surface area contributed by atoms with Crippen LogP contribution in [-0.2, 0) is 4.74 Å². The molecule has 1 aliphatic rings. The van der Waals surface area contributed by atoms with Crippen molar-refractivity contribution in [1.29, 1.82) is 0 Å². The molecule has 1 aromatic carbocycles. The highest BCUT2D eigenvalue weighted by Gasteiger charge is 2.20. The first-order chi connectivity index (χ1) is 8.86. The normalized spacial score (nSPS) is 16.7. The van der Waals surface area contributed by atoms with Gasteiger partial charge in [0.15, 0.2) is 0 Å². The van der Waals surface area contributed by atoms with E-state index in [0.29, 0.717) is 0 Å². The largest absolute Gasteiger partial charge is 0.381 e. The Morgan fingerprint density at radius 3 is 2.78 bits per heavy atom. The first kappa shape index (κ1) is 13.5. The van der Waals surface area contributed by atoms with Gasteiger partial charge >= 0.3 is 0 Å². The number of nitrogens with one attached hydrogen (secondary N) is 1. The molecule has 3 heteroatoms. The summed E-state index contributed by atoms with van der Waals surface area (Å²) in [6, 6.07) is 10.3. The topological polar surface area (TPSA) is 47.3 Å². The highest BCUT2D eigenvalue weighted by Crippen LogP contribution is 2.28. The van der Waals surface area contributed by atoms with E-state index in [0.717, 1.165) is 38.6 Å². The quantitative estimate of drug-likeness (QED) is 0.658. The Morgan fingerprint density at radius 2 is 2.06 bits per heavy atom. The van der Waals surface area contributed by atoms with Crippen LogP contribution < -0.4 is 11.1 Å². The zero-order valence-corrected chi connectivity index (χ0v) is 11.0. The number of benzene rings is 1. The van der Waals surface area contributed by atoms with Crippen molar-refractivity contribution in [2.24, 2.45) is 11.7 Å². The van der Waals surface area contributed by atoms with Crippen molar-refractivity contribution in [3.63, 3.8) is 0 Å². The molecule has 0 amide bonds. The standard InChI is InChI=1S/C15H24N2O/c16-15(14-5-2-1-3-6-14)11-17-9-4-10-18-12-13-7-8-13/h1-3,5-6,13,15,17H,4,7-12,16H2. The van der Waals surface area contributed by atoms with Gasteiger partial charge in [-0.05, 0) is 37.3 Å². The molecule has 0 spiro atoms. The smallest absolute Gasteiger partial charge is 0.0494 e. The molecule has 0 bridgehead atoms. The molecule has 18 heavy (non-hydrogen) atoms. The van der Waals surface area contributed by atoms with Gasteiger partial charge in [0, 0.05) is 25.8 Å². The van der Waals surface area contributed by atoms with E-state index in [1.165, 1.54) is 18.4 Å². The summed E-state index contributed by atoms with van der Waals surface area (Å²) in [5.41, 5.74) is 7.28. The van der Waals surface area contributed by atoms with E-state index in [4.69, 9.17) is 10.5 Å². The van der Waals surface area contributed by atoms with Crippen LogP contribution in [-0.4, -0.2) is 26.3 Å². The van der Waals surface area contributed by atoms with Crippen LogP contribution in [0.15, 0.2) is 30.3 Å². The summed E-state index contributed by atoms with van der Waals surface area (Å²) in [5, 5.41) is 3.38. The van der Waals surface area contributed by atoms with E-state index in [9.17, 15) is 0 Å². The minimum Gasteiger partial charge on any atom is -0.381 e. The van der Waals surface area contributed by atoms with Crippen molar-refractivity contribution in [3.8, 4) is 0 Å². The fourth-order valence-corrected chi connectivity index (χ4v) is 1.91. The highest BCUT2D eigenvalue weighted by molar-refractivity contribution is 5.18. The first-order valence-corrected chi connectivity index (χ1v) is 6.95. The van der Waals surface area contributed by atoms with Crippen molar-refractivity contribution in [2.75, 3.05) is 26.3 Å². The molecule has 0 radical (unpaired) electrons. The highest BCUT2D eigenvalue weighted by atomic mass is 16.5. The minimum atomic E-state index is 0.0820. The predicted octanol–water partition coefficient (Wildman–Crippen LogP) is 2.09. The molecule has 1 unspecified atom stereocenters. The zero-order valence-electron chi connectivity index (χ0n) is 11.0. The van der Waals surface area contributed by atoms with E-state index in [-0.39, 0.29) is 6.04 Å². The van der Waals surface area contributed by atoms with Crippen molar-refractivity contribution in [1.82, 2.24) is 5.32 Å². The fraction of sp³-hybridized carbons (Fsp3) is 0.600. The number of hydrogen-bond acceptors (Lipinski definition) is 3. The van der Waals surface area contributed by atoms with Gasteiger partial charge in [-0.25, -0.2) is 0 Å². The summed E-state index contributed by atoms with van der Waals surface area (Å²) in [6.07, 6.45) is 3.79. The molecule has 1 aliphatic carbocycles. The van der Waals surface area contributed by atoms with Crippen LogP contribution in [0.4, 0.5) is 0 Å². The van der Waals surface area contributed by atoms with Crippen LogP contribution in [0.3, 0.4) is 0 Å². The lowest BCUT2D eigenvalue weighted by Crippen LogP contribution is -2.28. The van der Waals surface area contributed by atoms with Crippen LogP contribution >= 0.6 is 0 Å². The van der Waals surface area contributed by atoms with Gasteiger partial charge in [-0.15, -0.1) is 0 Å². The molecule has 100 valence electrons. The third-order valence-corrected chi connectivity index (χ3v) is 3.28. The summed E-state index contributed by atoms with van der Waals surface area (Å²) in [6.45, 7) is 3.63. The first-order valence-electron chi connectivity index (χ1n) is 6.95. The molecule has 3 nitrogen and oxygen atoms in total. The Bertz CT molecular complexity index is 325. The van der Waals surface area contributed by atoms with E-state index in [1.54, 1.807) is 0 Å². The SMILES string of the molecule is NC(CNCCCOCC1CC1)c1ccccc1. The number of ether oxygens (including phenoxy) is 1. The van der Waals surface area contributed by atoms with E-state index in [2.05, 4.69) is 17.4 Å². The zero-order chi connectivity index (χ0) is 12.6. The second kappa shape index (κ2) is 7.52. The molecular formula is C15H24N2O. The molecular weight excluding hydrogens is 224 g/mol. The maximum Gasteiger partial charge on any atom is 0.0494 e. The molecule has 0 saturated heterocycles. The molecule has 0 aromatic heterocycles. The van der Waals surface area contributed by atoms with Gasteiger partial charge in [-0.3, -0.25) is 0 Å². The van der Waals surface area contributed by atoms with Gasteiger partial charge in [0.2, 0.25) is 0 Å². The summed E-state index contributed by atoms with van der Waals surface area (Å²) < 4.78 is 5.58. The monoisotopic (exact) mass is 248 g/mol. The van der Waals surface area contributed by atoms with Gasteiger partial charge in [-0.1, -0.05) is 30.3 Å². The van der Waals surface area contributed by atoms with Crippen molar-refractivity contribution in [3.05, 3.63) is 35.9 Å². The number of nitrogens with two attached hydrogens (primary N) is 1. The molecule has 1 atom stereocenters. The van der Waals surface area contributed by atoms with Crippen LogP contribution in [0.25, 0.3) is 0 Å². The van der Waals surface area contributed by atoms with Crippen molar-refractivity contribution < 1.29 is 4.74 Å². The second-order valence-electron chi connectivity index (χ2n) is 5.09. The Hall–Kier alpha value is -0.900. The average Bonchev–Trinajstić information content (AvgIpc) is 3.22. The van der Waals surface area contributed by atoms with E-state index in [1.807, 2.05) is 18.2 Å². The third kappa shape index (κ3) is 5.17. The molecule has 0 aliphatic heterocycles. The van der Waals surface area contributed by atoms with Gasteiger partial charge in [0.25, 0.3) is 0 Å². The molecule has 1 saturated carbocycles. The Labute approximate surface area is 110 Å². The van der Waals surface area contributed by atoms with Gasteiger partial charge in [0.1, 0.15) is 0 Å². The predicted molar refractivity (Wildman–Crippen MR) is 74.4 cm³/mol. The van der Waals surface area contributed by atoms with Crippen LogP contribution in [0.1, 0.15) is 30.9 Å². The van der Waals surface area contributed by atoms with E-state index < -0.39 is 0 Å². The number of hydrogen-bond donors (Lipinski definition) is 2. The third-order valence-electron chi connectivity index (χ3n) is 3.28. The Balaban J connectivity index is 1.47. The Kier molecular flexibility index (Phi) is 5.65. The molecule has 3 N–H and O–H groups in total. The minimum absolute atomic E-state index is 0.0820. The number of rotatable bonds is 9. The van der Waals surface area contributed by atoms with Crippen molar-refractivity contribution >= 4 is 0 Å². The molecule has 1 fully saturated rings. The second-order valence-corrected chi connectivity index (χ2v) is 5.09. The summed E-state index contributed by atoms with van der Waals surface area (Å²) in [7, 11) is 0. The maximum atomic E-state index is 6.09. The van der Waals surface area contributed by atoms with Gasteiger partial charge < -0.3 is 15.8 Å².